The Hall–Kier alpha value is -1.62. The number of amides is 2. The van der Waals surface area contributed by atoms with Gasteiger partial charge in [0, 0.05) is 13.1 Å². The smallest absolute Gasteiger partial charge is 0.315 e. The number of halogens is 1. The average Bonchev–Trinajstić information content (AvgIpc) is 3.20. The van der Waals surface area contributed by atoms with Crippen LogP contribution in [0.4, 0.5) is 9.18 Å². The van der Waals surface area contributed by atoms with E-state index in [0.717, 1.165) is 18.4 Å². The normalized spacial score (nSPS) is 17.6. The largest absolute Gasteiger partial charge is 0.388 e. The number of nitrogens with one attached hydrogen (secondary N) is 2. The number of aliphatic hydroxyl groups is 1. The molecule has 3 N–H and O–H groups in total. The fraction of sp³-hybridized carbons (Fsp3) is 0.500. The molecule has 4 nitrogen and oxygen atoms in total. The minimum atomic E-state index is -0.826. The van der Waals surface area contributed by atoms with Crippen LogP contribution in [0.5, 0.6) is 0 Å². The Morgan fingerprint density at radius 2 is 2.00 bits per heavy atom. The maximum Gasteiger partial charge on any atom is 0.315 e. The van der Waals surface area contributed by atoms with E-state index in [-0.39, 0.29) is 18.4 Å². The summed E-state index contributed by atoms with van der Waals surface area (Å²) in [6, 6.07) is 5.62. The number of urea groups is 1. The molecule has 0 spiro atoms. The molecule has 0 radical (unpaired) electrons. The van der Waals surface area contributed by atoms with Gasteiger partial charge in [-0.15, -0.1) is 0 Å². The van der Waals surface area contributed by atoms with Crippen LogP contribution in [0.15, 0.2) is 24.3 Å². The van der Waals surface area contributed by atoms with Crippen molar-refractivity contribution in [1.82, 2.24) is 10.6 Å². The zero-order valence-electron chi connectivity index (χ0n) is 10.9. The highest BCUT2D eigenvalue weighted by atomic mass is 19.1. The lowest BCUT2D eigenvalue weighted by Gasteiger charge is -2.23. The predicted molar refractivity (Wildman–Crippen MR) is 70.0 cm³/mol. The third-order valence-electron chi connectivity index (χ3n) is 3.43. The summed E-state index contributed by atoms with van der Waals surface area (Å²) in [6.07, 6.45) is 2.04. The van der Waals surface area contributed by atoms with Crippen LogP contribution in [0.2, 0.25) is 0 Å². The van der Waals surface area contributed by atoms with Crippen LogP contribution in [0, 0.1) is 11.7 Å². The molecule has 0 aromatic heterocycles. The fourth-order valence-corrected chi connectivity index (χ4v) is 1.96. The maximum absolute atomic E-state index is 12.7. The Labute approximate surface area is 112 Å². The first kappa shape index (κ1) is 13.8. The third-order valence-corrected chi connectivity index (χ3v) is 3.43. The van der Waals surface area contributed by atoms with Gasteiger partial charge in [-0.25, -0.2) is 9.18 Å². The SMILES string of the molecule is CC(O)(CNC(=O)NCc1ccc(F)cc1)C1CC1. The zero-order chi connectivity index (χ0) is 13.9. The highest BCUT2D eigenvalue weighted by molar-refractivity contribution is 5.73. The first-order valence-corrected chi connectivity index (χ1v) is 6.46. The summed E-state index contributed by atoms with van der Waals surface area (Å²) in [6.45, 7) is 2.32. The highest BCUT2D eigenvalue weighted by Crippen LogP contribution is 2.38. The predicted octanol–water partition coefficient (Wildman–Crippen LogP) is 1.79. The Bertz CT molecular complexity index is 441. The van der Waals surface area contributed by atoms with E-state index < -0.39 is 5.60 Å². The van der Waals surface area contributed by atoms with Crippen molar-refractivity contribution in [3.05, 3.63) is 35.6 Å². The van der Waals surface area contributed by atoms with Gasteiger partial charge < -0.3 is 15.7 Å². The molecule has 1 unspecified atom stereocenters. The van der Waals surface area contributed by atoms with E-state index in [1.54, 1.807) is 19.1 Å². The summed E-state index contributed by atoms with van der Waals surface area (Å²) >= 11 is 0. The Balaban J connectivity index is 1.71. The van der Waals surface area contributed by atoms with E-state index in [2.05, 4.69) is 10.6 Å². The molecule has 1 atom stereocenters. The van der Waals surface area contributed by atoms with Crippen LogP contribution in [0.3, 0.4) is 0 Å². The van der Waals surface area contributed by atoms with Crippen LogP contribution in [-0.2, 0) is 6.54 Å². The molecule has 0 aliphatic heterocycles. The Kier molecular flexibility index (Phi) is 4.04. The molecule has 1 aromatic carbocycles. The molecule has 1 aromatic rings. The van der Waals surface area contributed by atoms with Crippen molar-refractivity contribution >= 4 is 6.03 Å². The summed E-state index contributed by atoms with van der Waals surface area (Å²) < 4.78 is 12.7. The Morgan fingerprint density at radius 1 is 1.37 bits per heavy atom. The van der Waals surface area contributed by atoms with Gasteiger partial charge in [0.1, 0.15) is 5.82 Å². The first-order valence-electron chi connectivity index (χ1n) is 6.46. The summed E-state index contributed by atoms with van der Waals surface area (Å²) in [5.74, 6) is -0.00131. The number of rotatable bonds is 5. The van der Waals surface area contributed by atoms with E-state index >= 15 is 0 Å². The van der Waals surface area contributed by atoms with Crippen molar-refractivity contribution in [2.45, 2.75) is 31.9 Å². The van der Waals surface area contributed by atoms with Gasteiger partial charge in [0.2, 0.25) is 0 Å². The lowest BCUT2D eigenvalue weighted by molar-refractivity contribution is 0.0394. The van der Waals surface area contributed by atoms with Gasteiger partial charge in [-0.1, -0.05) is 12.1 Å². The molecule has 1 fully saturated rings. The topological polar surface area (TPSA) is 61.4 Å². The summed E-state index contributed by atoms with van der Waals surface area (Å²) in [5.41, 5.74) is -0.00164. The molecule has 5 heteroatoms. The van der Waals surface area contributed by atoms with Crippen molar-refractivity contribution < 1.29 is 14.3 Å². The molecule has 0 saturated heterocycles. The summed E-state index contributed by atoms with van der Waals surface area (Å²) in [4.78, 5) is 11.6. The van der Waals surface area contributed by atoms with Gasteiger partial charge in [-0.3, -0.25) is 0 Å². The molecular formula is C14H19FN2O2. The number of hydrogen-bond acceptors (Lipinski definition) is 2. The lowest BCUT2D eigenvalue weighted by Crippen LogP contribution is -2.45. The minimum absolute atomic E-state index is 0.243. The molecule has 1 saturated carbocycles. The molecule has 2 amide bonds. The van der Waals surface area contributed by atoms with Gasteiger partial charge in [0.15, 0.2) is 0 Å². The summed E-state index contributed by atoms with van der Waals surface area (Å²) in [7, 11) is 0. The van der Waals surface area contributed by atoms with Gasteiger partial charge in [-0.05, 0) is 43.4 Å². The van der Waals surface area contributed by atoms with Crippen molar-refractivity contribution in [3.8, 4) is 0 Å². The number of carbonyl (C=O) groups is 1. The molecule has 1 aliphatic carbocycles. The number of benzene rings is 1. The van der Waals surface area contributed by atoms with Crippen molar-refractivity contribution in [2.24, 2.45) is 5.92 Å². The molecule has 1 aliphatic rings. The fourth-order valence-electron chi connectivity index (χ4n) is 1.96. The van der Waals surface area contributed by atoms with Crippen LogP contribution >= 0.6 is 0 Å². The van der Waals surface area contributed by atoms with Crippen molar-refractivity contribution in [3.63, 3.8) is 0 Å². The number of carbonyl (C=O) groups excluding carboxylic acids is 1. The number of hydrogen-bond donors (Lipinski definition) is 3. The van der Waals surface area contributed by atoms with E-state index in [4.69, 9.17) is 0 Å². The monoisotopic (exact) mass is 266 g/mol. The summed E-state index contributed by atoms with van der Waals surface area (Å²) in [5, 5.41) is 15.4. The quantitative estimate of drug-likeness (QED) is 0.761. The van der Waals surface area contributed by atoms with E-state index in [9.17, 15) is 14.3 Å². The highest BCUT2D eigenvalue weighted by Gasteiger charge is 2.39. The van der Waals surface area contributed by atoms with Crippen molar-refractivity contribution in [2.75, 3.05) is 6.54 Å². The second-order valence-corrected chi connectivity index (χ2v) is 5.29. The molecule has 0 bridgehead atoms. The van der Waals surface area contributed by atoms with E-state index in [0.29, 0.717) is 12.5 Å². The van der Waals surface area contributed by atoms with Gasteiger partial charge in [0.25, 0.3) is 0 Å². The maximum atomic E-state index is 12.7. The molecule has 0 heterocycles. The van der Waals surface area contributed by atoms with Crippen LogP contribution < -0.4 is 10.6 Å². The molecular weight excluding hydrogens is 247 g/mol. The van der Waals surface area contributed by atoms with Crippen molar-refractivity contribution in [1.29, 1.82) is 0 Å². The molecule has 19 heavy (non-hydrogen) atoms. The standard InChI is InChI=1S/C14H19FN2O2/c1-14(19,11-4-5-11)9-17-13(18)16-8-10-2-6-12(15)7-3-10/h2-3,6-7,11,19H,4-5,8-9H2,1H3,(H2,16,17,18). The van der Waals surface area contributed by atoms with E-state index in [1.807, 2.05) is 0 Å². The molecule has 104 valence electrons. The average molecular weight is 266 g/mol. The first-order chi connectivity index (χ1) is 8.97. The van der Waals surface area contributed by atoms with Crippen LogP contribution in [0.25, 0.3) is 0 Å². The molecule has 2 rings (SSSR count). The van der Waals surface area contributed by atoms with Crippen LogP contribution in [0.1, 0.15) is 25.3 Å². The van der Waals surface area contributed by atoms with E-state index in [1.165, 1.54) is 12.1 Å². The third kappa shape index (κ3) is 4.21. The van der Waals surface area contributed by atoms with Gasteiger partial charge >= 0.3 is 6.03 Å². The second kappa shape index (κ2) is 5.57. The van der Waals surface area contributed by atoms with Gasteiger partial charge in [-0.2, -0.15) is 0 Å². The van der Waals surface area contributed by atoms with Gasteiger partial charge in [0.05, 0.1) is 5.60 Å². The zero-order valence-corrected chi connectivity index (χ0v) is 10.9. The minimum Gasteiger partial charge on any atom is -0.388 e. The lowest BCUT2D eigenvalue weighted by atomic mass is 10.0. The van der Waals surface area contributed by atoms with Crippen LogP contribution in [-0.4, -0.2) is 23.3 Å². The Morgan fingerprint density at radius 3 is 2.58 bits per heavy atom. The second-order valence-electron chi connectivity index (χ2n) is 5.29.